The van der Waals surface area contributed by atoms with Gasteiger partial charge in [-0.15, -0.1) is 0 Å². The van der Waals surface area contributed by atoms with Crippen LogP contribution < -0.4 is 10.0 Å². The molecule has 1 saturated heterocycles. The zero-order chi connectivity index (χ0) is 24.7. The summed E-state index contributed by atoms with van der Waals surface area (Å²) in [6.45, 7) is 4.54. The van der Waals surface area contributed by atoms with Gasteiger partial charge < -0.3 is 14.8 Å². The summed E-state index contributed by atoms with van der Waals surface area (Å²) >= 11 is 0. The highest BCUT2D eigenvalue weighted by Gasteiger charge is 2.42. The molecule has 0 radical (unpaired) electrons. The Morgan fingerprint density at radius 1 is 1.03 bits per heavy atom. The number of sulfonamides is 1. The molecule has 0 aliphatic carbocycles. The van der Waals surface area contributed by atoms with Gasteiger partial charge in [0.15, 0.2) is 0 Å². The van der Waals surface area contributed by atoms with Crippen molar-refractivity contribution < 1.29 is 22.7 Å². The number of benzene rings is 3. The van der Waals surface area contributed by atoms with Gasteiger partial charge >= 0.3 is 5.97 Å². The van der Waals surface area contributed by atoms with Crippen LogP contribution >= 0.6 is 0 Å². The Labute approximate surface area is 205 Å². The van der Waals surface area contributed by atoms with E-state index in [1.54, 1.807) is 36.4 Å². The molecule has 182 valence electrons. The first-order chi connectivity index (χ1) is 16.8. The van der Waals surface area contributed by atoms with Crippen molar-refractivity contribution in [3.05, 3.63) is 88.5 Å². The molecule has 0 aromatic heterocycles. The van der Waals surface area contributed by atoms with Crippen LogP contribution in [0.3, 0.4) is 0 Å². The van der Waals surface area contributed by atoms with Gasteiger partial charge in [0.2, 0.25) is 0 Å². The predicted octanol–water partition coefficient (Wildman–Crippen LogP) is 5.14. The summed E-state index contributed by atoms with van der Waals surface area (Å²) in [6.07, 6.45) is 0.631. The lowest BCUT2D eigenvalue weighted by Gasteiger charge is -2.36. The first-order valence-electron chi connectivity index (χ1n) is 11.6. The van der Waals surface area contributed by atoms with E-state index in [0.29, 0.717) is 17.9 Å². The highest BCUT2D eigenvalue weighted by Crippen LogP contribution is 2.50. The van der Waals surface area contributed by atoms with Crippen LogP contribution in [0, 0.1) is 19.8 Å². The first kappa shape index (κ1) is 23.4. The van der Waals surface area contributed by atoms with Crippen LogP contribution in [-0.2, 0) is 19.5 Å². The van der Waals surface area contributed by atoms with Crippen molar-refractivity contribution in [1.29, 1.82) is 0 Å². The van der Waals surface area contributed by atoms with E-state index in [1.807, 2.05) is 38.1 Å². The summed E-state index contributed by atoms with van der Waals surface area (Å²) in [5.41, 5.74) is 5.89. The van der Waals surface area contributed by atoms with E-state index in [0.717, 1.165) is 34.4 Å². The minimum Gasteiger partial charge on any atom is -0.465 e. The lowest BCUT2D eigenvalue weighted by Crippen LogP contribution is -2.29. The summed E-state index contributed by atoms with van der Waals surface area (Å²) in [4.78, 5) is 12.0. The van der Waals surface area contributed by atoms with Gasteiger partial charge in [0.1, 0.15) is 0 Å². The summed E-state index contributed by atoms with van der Waals surface area (Å²) in [5.74, 6) is -0.235. The topological polar surface area (TPSA) is 93.7 Å². The van der Waals surface area contributed by atoms with Crippen molar-refractivity contribution in [3.8, 4) is 0 Å². The van der Waals surface area contributed by atoms with Crippen molar-refractivity contribution in [3.63, 3.8) is 0 Å². The Kier molecular flexibility index (Phi) is 6.02. The molecule has 3 unspecified atom stereocenters. The van der Waals surface area contributed by atoms with Gasteiger partial charge in [0.25, 0.3) is 10.0 Å². The highest BCUT2D eigenvalue weighted by molar-refractivity contribution is 7.92. The number of hydrogen-bond donors (Lipinski definition) is 2. The fourth-order valence-electron chi connectivity index (χ4n) is 4.91. The Morgan fingerprint density at radius 3 is 2.51 bits per heavy atom. The zero-order valence-corrected chi connectivity index (χ0v) is 20.7. The standard InChI is InChI=1S/C27H28N2O5S/c1-16-4-9-20(14-17(16)2)29-35(31,32)21-10-11-24-23(15-21)26-22(12-13-34-26)25(28-24)18-5-7-19(8-6-18)27(30)33-3/h4-11,14-15,22,25-26,28-29H,12-13H2,1-3H3. The average molecular weight is 493 g/mol. The van der Waals surface area contributed by atoms with Crippen LogP contribution in [0.25, 0.3) is 0 Å². The molecular formula is C27H28N2O5S. The van der Waals surface area contributed by atoms with E-state index >= 15 is 0 Å². The van der Waals surface area contributed by atoms with E-state index in [4.69, 9.17) is 9.47 Å². The van der Waals surface area contributed by atoms with Gasteiger partial charge in [-0.05, 0) is 79.4 Å². The third kappa shape index (κ3) is 4.39. The van der Waals surface area contributed by atoms with Crippen LogP contribution in [0.2, 0.25) is 0 Å². The number of nitrogens with one attached hydrogen (secondary N) is 2. The second-order valence-electron chi connectivity index (χ2n) is 9.13. The van der Waals surface area contributed by atoms with E-state index in [-0.39, 0.29) is 28.9 Å². The second-order valence-corrected chi connectivity index (χ2v) is 10.8. The third-order valence-electron chi connectivity index (χ3n) is 6.97. The Hall–Kier alpha value is -3.36. The number of ether oxygens (including phenoxy) is 2. The second kappa shape index (κ2) is 9.02. The zero-order valence-electron chi connectivity index (χ0n) is 19.9. The number of methoxy groups -OCH3 is 1. The molecule has 3 aromatic rings. The molecule has 0 bridgehead atoms. The Bertz CT molecular complexity index is 1390. The van der Waals surface area contributed by atoms with Crippen LogP contribution in [0.15, 0.2) is 65.6 Å². The van der Waals surface area contributed by atoms with Crippen LogP contribution in [0.1, 0.15) is 51.2 Å². The molecule has 0 saturated carbocycles. The molecule has 1 fully saturated rings. The number of anilines is 2. The van der Waals surface area contributed by atoms with E-state index in [1.165, 1.54) is 7.11 Å². The lowest BCUT2D eigenvalue weighted by atomic mass is 9.81. The van der Waals surface area contributed by atoms with E-state index in [9.17, 15) is 13.2 Å². The molecule has 2 heterocycles. The Morgan fingerprint density at radius 2 is 1.80 bits per heavy atom. The molecule has 0 spiro atoms. The quantitative estimate of drug-likeness (QED) is 0.480. The molecule has 8 heteroatoms. The van der Waals surface area contributed by atoms with Crippen molar-refractivity contribution in [2.24, 2.45) is 5.92 Å². The molecule has 0 amide bonds. The van der Waals surface area contributed by atoms with Crippen molar-refractivity contribution >= 4 is 27.4 Å². The summed E-state index contributed by atoms with van der Waals surface area (Å²) in [7, 11) is -2.40. The minimum atomic E-state index is -3.76. The fraction of sp³-hybridized carbons (Fsp3) is 0.296. The number of esters is 1. The Balaban J connectivity index is 1.44. The molecule has 2 aliphatic heterocycles. The summed E-state index contributed by atoms with van der Waals surface area (Å²) in [5, 5.41) is 3.58. The van der Waals surface area contributed by atoms with Gasteiger partial charge in [0.05, 0.1) is 29.7 Å². The van der Waals surface area contributed by atoms with Crippen molar-refractivity contribution in [2.75, 3.05) is 23.8 Å². The van der Waals surface area contributed by atoms with Gasteiger partial charge in [-0.2, -0.15) is 0 Å². The first-order valence-corrected chi connectivity index (χ1v) is 13.1. The van der Waals surface area contributed by atoms with Gasteiger partial charge in [-0.3, -0.25) is 4.72 Å². The van der Waals surface area contributed by atoms with E-state index in [2.05, 4.69) is 10.0 Å². The maximum atomic E-state index is 13.2. The SMILES string of the molecule is COC(=O)c1ccc(C2Nc3ccc(S(=O)(=O)Nc4ccc(C)c(C)c4)cc3C3OCCC23)cc1. The summed E-state index contributed by atoms with van der Waals surface area (Å²) < 4.78 is 39.9. The van der Waals surface area contributed by atoms with Crippen LogP contribution in [0.5, 0.6) is 0 Å². The summed E-state index contributed by atoms with van der Waals surface area (Å²) in [6, 6.07) is 18.0. The smallest absolute Gasteiger partial charge is 0.337 e. The number of carbonyl (C=O) groups excluding carboxylic acids is 1. The maximum absolute atomic E-state index is 13.2. The van der Waals surface area contributed by atoms with Crippen LogP contribution in [0.4, 0.5) is 11.4 Å². The third-order valence-corrected chi connectivity index (χ3v) is 8.35. The number of fused-ring (bicyclic) bond motifs is 3. The van der Waals surface area contributed by atoms with Gasteiger partial charge in [0, 0.05) is 29.5 Å². The molecule has 35 heavy (non-hydrogen) atoms. The maximum Gasteiger partial charge on any atom is 0.337 e. The van der Waals surface area contributed by atoms with Gasteiger partial charge in [-0.25, -0.2) is 13.2 Å². The molecule has 3 aromatic carbocycles. The average Bonchev–Trinajstić information content (AvgIpc) is 3.35. The van der Waals surface area contributed by atoms with Crippen LogP contribution in [-0.4, -0.2) is 28.1 Å². The molecule has 5 rings (SSSR count). The molecule has 2 aliphatic rings. The number of rotatable bonds is 5. The number of aryl methyl sites for hydroxylation is 2. The number of carbonyl (C=O) groups is 1. The predicted molar refractivity (Wildman–Crippen MR) is 134 cm³/mol. The normalized spacial score (nSPS) is 20.9. The number of hydrogen-bond acceptors (Lipinski definition) is 6. The lowest BCUT2D eigenvalue weighted by molar-refractivity contribution is 0.0600. The molecule has 7 nitrogen and oxygen atoms in total. The fourth-order valence-corrected chi connectivity index (χ4v) is 6.00. The molecule has 3 atom stereocenters. The van der Waals surface area contributed by atoms with E-state index < -0.39 is 10.0 Å². The monoisotopic (exact) mass is 492 g/mol. The molecule has 2 N–H and O–H groups in total. The highest BCUT2D eigenvalue weighted by atomic mass is 32.2. The van der Waals surface area contributed by atoms with Gasteiger partial charge in [-0.1, -0.05) is 18.2 Å². The largest absolute Gasteiger partial charge is 0.465 e. The molecular weight excluding hydrogens is 464 g/mol. The van der Waals surface area contributed by atoms with Crippen molar-refractivity contribution in [2.45, 2.75) is 37.3 Å². The van der Waals surface area contributed by atoms with Crippen molar-refractivity contribution in [1.82, 2.24) is 0 Å². The minimum absolute atomic E-state index is 0.0159.